The van der Waals surface area contributed by atoms with Gasteiger partial charge in [-0.3, -0.25) is 15.1 Å². The summed E-state index contributed by atoms with van der Waals surface area (Å²) in [6.07, 6.45) is 4.89. The second kappa shape index (κ2) is 12.3. The Morgan fingerprint density at radius 3 is 1.76 bits per heavy atom. The zero-order chi connectivity index (χ0) is 15.3. The topological polar surface area (TPSA) is 46.2 Å². The molecule has 1 aliphatic rings. The van der Waals surface area contributed by atoms with Gasteiger partial charge >= 0.3 is 0 Å². The van der Waals surface area contributed by atoms with Crippen LogP contribution in [0.25, 0.3) is 0 Å². The Morgan fingerprint density at radius 2 is 1.29 bits per heavy atom. The molecule has 0 saturated carbocycles. The van der Waals surface area contributed by atoms with E-state index in [0.29, 0.717) is 6.17 Å². The van der Waals surface area contributed by atoms with Crippen LogP contribution in [0.15, 0.2) is 0 Å². The van der Waals surface area contributed by atoms with Gasteiger partial charge in [0, 0.05) is 54.2 Å². The lowest BCUT2D eigenvalue weighted by atomic mass is 10.2. The number of nitrogens with one attached hydrogen (secondary N) is 1. The summed E-state index contributed by atoms with van der Waals surface area (Å²) in [6.45, 7) is 6.54. The molecule has 1 heterocycles. The Labute approximate surface area is 129 Å². The van der Waals surface area contributed by atoms with E-state index < -0.39 is 0 Å². The van der Waals surface area contributed by atoms with E-state index in [4.69, 9.17) is 14.2 Å². The molecule has 21 heavy (non-hydrogen) atoms. The molecule has 1 fully saturated rings. The summed E-state index contributed by atoms with van der Waals surface area (Å²) in [5, 5.41) is 3.50. The highest BCUT2D eigenvalue weighted by molar-refractivity contribution is 4.77. The van der Waals surface area contributed by atoms with Gasteiger partial charge in [-0.05, 0) is 25.7 Å². The van der Waals surface area contributed by atoms with Crippen molar-refractivity contribution in [2.45, 2.75) is 31.8 Å². The number of ether oxygens (including phenoxy) is 3. The number of methoxy groups -OCH3 is 3. The predicted molar refractivity (Wildman–Crippen MR) is 84.2 cm³/mol. The highest BCUT2D eigenvalue weighted by Crippen LogP contribution is 2.16. The third-order valence-corrected chi connectivity index (χ3v) is 3.87. The van der Waals surface area contributed by atoms with Gasteiger partial charge in [-0.25, -0.2) is 0 Å². The van der Waals surface area contributed by atoms with Crippen LogP contribution in [-0.2, 0) is 14.2 Å². The number of hydrogen-bond acceptors (Lipinski definition) is 6. The summed E-state index contributed by atoms with van der Waals surface area (Å²) in [5.74, 6) is 0. The molecule has 1 N–H and O–H groups in total. The fourth-order valence-electron chi connectivity index (χ4n) is 2.83. The monoisotopic (exact) mass is 303 g/mol. The normalized spacial score (nSPS) is 18.4. The van der Waals surface area contributed by atoms with Crippen LogP contribution < -0.4 is 5.32 Å². The fraction of sp³-hybridized carbons (Fsp3) is 1.00. The minimum atomic E-state index is 0.495. The van der Waals surface area contributed by atoms with Crippen molar-refractivity contribution < 1.29 is 14.2 Å². The van der Waals surface area contributed by atoms with E-state index in [1.165, 1.54) is 0 Å². The smallest absolute Gasteiger partial charge is 0.0645 e. The summed E-state index contributed by atoms with van der Waals surface area (Å²) in [4.78, 5) is 5.04. The Bertz CT molecular complexity index is 226. The van der Waals surface area contributed by atoms with Crippen LogP contribution in [0.3, 0.4) is 0 Å². The van der Waals surface area contributed by atoms with Gasteiger partial charge in [-0.15, -0.1) is 0 Å². The van der Waals surface area contributed by atoms with Crippen LogP contribution in [0, 0.1) is 0 Å². The van der Waals surface area contributed by atoms with Crippen molar-refractivity contribution in [1.29, 1.82) is 0 Å². The van der Waals surface area contributed by atoms with Crippen LogP contribution >= 0.6 is 0 Å². The molecule has 0 aliphatic carbocycles. The van der Waals surface area contributed by atoms with Crippen molar-refractivity contribution in [3.05, 3.63) is 0 Å². The summed E-state index contributed by atoms with van der Waals surface area (Å²) in [6, 6.07) is 0. The Kier molecular flexibility index (Phi) is 11.0. The van der Waals surface area contributed by atoms with E-state index in [1.54, 1.807) is 21.3 Å². The van der Waals surface area contributed by atoms with Crippen LogP contribution in [0.2, 0.25) is 0 Å². The molecular weight excluding hydrogens is 270 g/mol. The maximum absolute atomic E-state index is 5.21. The van der Waals surface area contributed by atoms with Gasteiger partial charge in [0.15, 0.2) is 0 Å². The van der Waals surface area contributed by atoms with Gasteiger partial charge < -0.3 is 14.2 Å². The lowest BCUT2D eigenvalue weighted by Crippen LogP contribution is -2.60. The molecular formula is C15H33N3O3. The highest BCUT2D eigenvalue weighted by Gasteiger charge is 2.27. The predicted octanol–water partition coefficient (Wildman–Crippen LogP) is 0.934. The zero-order valence-electron chi connectivity index (χ0n) is 14.0. The highest BCUT2D eigenvalue weighted by atomic mass is 16.5. The molecule has 0 amide bonds. The quantitative estimate of drug-likeness (QED) is 0.541. The molecule has 126 valence electrons. The van der Waals surface area contributed by atoms with Crippen molar-refractivity contribution >= 4 is 0 Å². The fourth-order valence-corrected chi connectivity index (χ4v) is 2.83. The van der Waals surface area contributed by atoms with Crippen molar-refractivity contribution in [2.24, 2.45) is 0 Å². The molecule has 6 heteroatoms. The summed E-state index contributed by atoms with van der Waals surface area (Å²) in [7, 11) is 5.30. The molecule has 6 nitrogen and oxygen atoms in total. The molecule has 0 unspecified atom stereocenters. The van der Waals surface area contributed by atoms with Crippen LogP contribution in [0.1, 0.15) is 25.7 Å². The molecule has 0 atom stereocenters. The summed E-state index contributed by atoms with van der Waals surface area (Å²) in [5.41, 5.74) is 0. The van der Waals surface area contributed by atoms with Crippen molar-refractivity contribution in [3.8, 4) is 0 Å². The van der Waals surface area contributed by atoms with Gasteiger partial charge in [0.1, 0.15) is 0 Å². The lowest BCUT2D eigenvalue weighted by molar-refractivity contribution is -0.0268. The van der Waals surface area contributed by atoms with Gasteiger partial charge in [-0.2, -0.15) is 0 Å². The van der Waals surface area contributed by atoms with Gasteiger partial charge in [0.05, 0.1) is 19.5 Å². The average molecular weight is 303 g/mol. The molecule has 1 aliphatic heterocycles. The minimum Gasteiger partial charge on any atom is -0.385 e. The maximum Gasteiger partial charge on any atom is 0.0645 e. The number of rotatable bonds is 12. The molecule has 0 spiro atoms. The Morgan fingerprint density at radius 1 is 0.810 bits per heavy atom. The Balaban J connectivity index is 2.47. The van der Waals surface area contributed by atoms with E-state index in [2.05, 4.69) is 15.1 Å². The van der Waals surface area contributed by atoms with Crippen LogP contribution in [0.5, 0.6) is 0 Å². The summed E-state index contributed by atoms with van der Waals surface area (Å²) < 4.78 is 15.6. The largest absolute Gasteiger partial charge is 0.385 e. The van der Waals surface area contributed by atoms with Crippen molar-refractivity contribution in [2.75, 3.05) is 67.6 Å². The number of hydrogen-bond donors (Lipinski definition) is 1. The van der Waals surface area contributed by atoms with Crippen molar-refractivity contribution in [1.82, 2.24) is 15.1 Å². The van der Waals surface area contributed by atoms with Crippen LogP contribution in [0.4, 0.5) is 0 Å². The van der Waals surface area contributed by atoms with Gasteiger partial charge in [0.2, 0.25) is 0 Å². The molecule has 1 rings (SSSR count). The molecule has 0 aromatic carbocycles. The molecule has 1 saturated heterocycles. The first kappa shape index (κ1) is 18.8. The lowest BCUT2D eigenvalue weighted by Gasteiger charge is -2.44. The Hall–Kier alpha value is -0.240. The first-order chi connectivity index (χ1) is 10.3. The van der Waals surface area contributed by atoms with Gasteiger partial charge in [0.25, 0.3) is 0 Å². The number of nitrogens with zero attached hydrogens (tertiary/aromatic N) is 2. The summed E-state index contributed by atoms with van der Waals surface area (Å²) >= 11 is 0. The van der Waals surface area contributed by atoms with Crippen molar-refractivity contribution in [3.63, 3.8) is 0 Å². The maximum atomic E-state index is 5.21. The van der Waals surface area contributed by atoms with E-state index in [1.807, 2.05) is 0 Å². The second-order valence-corrected chi connectivity index (χ2v) is 5.50. The second-order valence-electron chi connectivity index (χ2n) is 5.50. The molecule has 0 aromatic rings. The third-order valence-electron chi connectivity index (χ3n) is 3.87. The standard InChI is InChI=1S/C15H33N3O3/c1-19-10-4-7-15-17(8-5-11-20-2)13-16-14-18(15)9-6-12-21-3/h15-16H,4-14H2,1-3H3. The first-order valence-corrected chi connectivity index (χ1v) is 7.99. The zero-order valence-corrected chi connectivity index (χ0v) is 14.0. The molecule has 0 radical (unpaired) electrons. The van der Waals surface area contributed by atoms with E-state index >= 15 is 0 Å². The molecule has 0 bridgehead atoms. The molecule has 0 aromatic heterocycles. The van der Waals surface area contributed by atoms with E-state index in [0.717, 1.165) is 71.9 Å². The first-order valence-electron chi connectivity index (χ1n) is 7.99. The van der Waals surface area contributed by atoms with Crippen LogP contribution in [-0.4, -0.2) is 83.5 Å². The SMILES string of the molecule is COCCCC1N(CCCOC)CNCN1CCCOC. The van der Waals surface area contributed by atoms with E-state index in [-0.39, 0.29) is 0 Å². The average Bonchev–Trinajstić information content (AvgIpc) is 2.50. The minimum absolute atomic E-state index is 0.495. The third kappa shape index (κ3) is 7.54. The van der Waals surface area contributed by atoms with E-state index in [9.17, 15) is 0 Å². The van der Waals surface area contributed by atoms with Gasteiger partial charge in [-0.1, -0.05) is 0 Å².